The fourth-order valence-corrected chi connectivity index (χ4v) is 5.38. The first-order valence-electron chi connectivity index (χ1n) is 11.0. The molecule has 1 heterocycles. The number of benzene rings is 2. The van der Waals surface area contributed by atoms with Gasteiger partial charge in [0.1, 0.15) is 0 Å². The number of fused-ring (bicyclic) bond motifs is 1. The second-order valence-electron chi connectivity index (χ2n) is 8.00. The van der Waals surface area contributed by atoms with E-state index in [1.807, 2.05) is 45.9 Å². The predicted molar refractivity (Wildman–Crippen MR) is 141 cm³/mol. The number of aromatic nitrogens is 1. The highest BCUT2D eigenvalue weighted by molar-refractivity contribution is 7.89. The summed E-state index contributed by atoms with van der Waals surface area (Å²) >= 11 is 5.35. The fraction of sp³-hybridized carbons (Fsp3) is 0.333. The Hall–Kier alpha value is -2.75. The molecule has 1 aromatic heterocycles. The summed E-state index contributed by atoms with van der Waals surface area (Å²) in [5.41, 5.74) is 7.57. The summed E-state index contributed by atoms with van der Waals surface area (Å²) in [4.78, 5) is 3.45. The summed E-state index contributed by atoms with van der Waals surface area (Å²) in [5.74, 6) is 0. The molecular formula is C24H31N5O2S2. The second-order valence-corrected chi connectivity index (χ2v) is 10.3. The maximum atomic E-state index is 13.2. The molecule has 0 bridgehead atoms. The Morgan fingerprint density at radius 3 is 2.55 bits per heavy atom. The first kappa shape index (κ1) is 24.9. The Balaban J connectivity index is 1.78. The van der Waals surface area contributed by atoms with Gasteiger partial charge in [-0.25, -0.2) is 8.42 Å². The van der Waals surface area contributed by atoms with Crippen LogP contribution in [0.25, 0.3) is 10.9 Å². The van der Waals surface area contributed by atoms with Crippen LogP contribution in [0.3, 0.4) is 0 Å². The van der Waals surface area contributed by atoms with Crippen molar-refractivity contribution < 1.29 is 8.42 Å². The zero-order valence-corrected chi connectivity index (χ0v) is 21.1. The summed E-state index contributed by atoms with van der Waals surface area (Å²) < 4.78 is 27.9. The molecule has 0 saturated carbocycles. The highest BCUT2D eigenvalue weighted by Crippen LogP contribution is 2.24. The highest BCUT2D eigenvalue weighted by atomic mass is 32.2. The summed E-state index contributed by atoms with van der Waals surface area (Å²) in [7, 11) is -3.56. The Morgan fingerprint density at radius 2 is 1.85 bits per heavy atom. The number of nitrogens with zero attached hydrogens (tertiary/aromatic N) is 2. The van der Waals surface area contributed by atoms with Crippen molar-refractivity contribution in [3.63, 3.8) is 0 Å². The van der Waals surface area contributed by atoms with Crippen LogP contribution in [0.4, 0.5) is 5.69 Å². The van der Waals surface area contributed by atoms with Gasteiger partial charge in [-0.1, -0.05) is 26.0 Å². The van der Waals surface area contributed by atoms with Crippen LogP contribution in [-0.2, 0) is 10.0 Å². The number of nitrogens with one attached hydrogen (secondary N) is 3. The molecule has 0 aliphatic rings. The lowest BCUT2D eigenvalue weighted by Crippen LogP contribution is -2.32. The third kappa shape index (κ3) is 5.98. The third-order valence-corrected chi connectivity index (χ3v) is 7.37. The quantitative estimate of drug-likeness (QED) is 0.227. The zero-order chi connectivity index (χ0) is 24.0. The van der Waals surface area contributed by atoms with E-state index in [9.17, 15) is 8.42 Å². The van der Waals surface area contributed by atoms with Crippen LogP contribution >= 0.6 is 12.2 Å². The molecule has 3 rings (SSSR count). The summed E-state index contributed by atoms with van der Waals surface area (Å²) in [6, 6.07) is 11.2. The van der Waals surface area contributed by atoms with Crippen molar-refractivity contribution in [2.24, 2.45) is 5.10 Å². The van der Waals surface area contributed by atoms with Gasteiger partial charge in [-0.3, -0.25) is 5.43 Å². The molecule has 0 aliphatic heterocycles. The number of rotatable bonds is 9. The van der Waals surface area contributed by atoms with Crippen molar-refractivity contribution in [1.29, 1.82) is 0 Å². The molecule has 3 aromatic rings. The summed E-state index contributed by atoms with van der Waals surface area (Å²) in [6.07, 6.45) is 4.96. The van der Waals surface area contributed by atoms with Gasteiger partial charge in [0.2, 0.25) is 10.0 Å². The number of hydrazone groups is 1. The van der Waals surface area contributed by atoms with Crippen molar-refractivity contribution >= 4 is 50.2 Å². The molecule has 2 aromatic carbocycles. The Labute approximate surface area is 201 Å². The molecule has 9 heteroatoms. The molecular weight excluding hydrogens is 454 g/mol. The van der Waals surface area contributed by atoms with Crippen LogP contribution in [0.5, 0.6) is 0 Å². The van der Waals surface area contributed by atoms with Crippen LogP contribution in [0.15, 0.2) is 52.6 Å². The molecule has 0 radical (unpaired) electrons. The standard InChI is InChI=1S/C24H31N5O2S2/c1-5-11-29(12-6-2)33(30,31)20-9-10-22-21(14-20)19(15-25-22)16-26-28-24(32)27-23-13-17(3)7-8-18(23)4/h7-10,13-16,25H,5-6,11-12H2,1-4H3,(H2,27,28,32)/b26-16+. The van der Waals surface area contributed by atoms with E-state index in [0.29, 0.717) is 18.2 Å². The largest absolute Gasteiger partial charge is 0.361 e. The zero-order valence-electron chi connectivity index (χ0n) is 19.5. The van der Waals surface area contributed by atoms with Crippen molar-refractivity contribution in [2.75, 3.05) is 18.4 Å². The van der Waals surface area contributed by atoms with Gasteiger partial charge in [-0.15, -0.1) is 0 Å². The van der Waals surface area contributed by atoms with Gasteiger partial charge >= 0.3 is 0 Å². The molecule has 0 unspecified atom stereocenters. The molecule has 7 nitrogen and oxygen atoms in total. The fourth-order valence-electron chi connectivity index (χ4n) is 3.57. The van der Waals surface area contributed by atoms with Crippen molar-refractivity contribution in [3.05, 3.63) is 59.3 Å². The van der Waals surface area contributed by atoms with E-state index in [1.54, 1.807) is 34.9 Å². The average Bonchev–Trinajstić information content (AvgIpc) is 3.18. The Morgan fingerprint density at radius 1 is 1.12 bits per heavy atom. The maximum absolute atomic E-state index is 13.2. The molecule has 0 atom stereocenters. The monoisotopic (exact) mass is 485 g/mol. The number of hydrogen-bond donors (Lipinski definition) is 3. The minimum absolute atomic E-state index is 0.284. The lowest BCUT2D eigenvalue weighted by molar-refractivity contribution is 0.410. The van der Waals surface area contributed by atoms with Gasteiger partial charge in [0.25, 0.3) is 0 Å². The molecule has 176 valence electrons. The number of anilines is 1. The molecule has 0 aliphatic carbocycles. The average molecular weight is 486 g/mol. The maximum Gasteiger partial charge on any atom is 0.243 e. The minimum atomic E-state index is -3.56. The first-order valence-corrected chi connectivity index (χ1v) is 12.9. The topological polar surface area (TPSA) is 89.6 Å². The van der Waals surface area contributed by atoms with E-state index in [4.69, 9.17) is 12.2 Å². The van der Waals surface area contributed by atoms with E-state index >= 15 is 0 Å². The molecule has 0 fully saturated rings. The number of aromatic amines is 1. The van der Waals surface area contributed by atoms with E-state index in [-0.39, 0.29) is 4.90 Å². The van der Waals surface area contributed by atoms with Crippen LogP contribution in [0.2, 0.25) is 0 Å². The van der Waals surface area contributed by atoms with Gasteiger partial charge in [0.05, 0.1) is 11.1 Å². The SMILES string of the molecule is CCCN(CCC)S(=O)(=O)c1ccc2[nH]cc(/C=N/NC(=S)Nc3cc(C)ccc3C)c2c1. The number of H-pyrrole nitrogens is 1. The van der Waals surface area contributed by atoms with Gasteiger partial charge in [0, 0.05) is 41.4 Å². The molecule has 0 saturated heterocycles. The van der Waals surface area contributed by atoms with E-state index in [1.165, 1.54) is 0 Å². The van der Waals surface area contributed by atoms with Crippen molar-refractivity contribution in [2.45, 2.75) is 45.4 Å². The second kappa shape index (κ2) is 10.9. The summed E-state index contributed by atoms with van der Waals surface area (Å²) in [5, 5.41) is 8.54. The number of hydrogen-bond acceptors (Lipinski definition) is 4. The van der Waals surface area contributed by atoms with Crippen molar-refractivity contribution in [3.8, 4) is 0 Å². The normalized spacial score (nSPS) is 12.0. The van der Waals surface area contributed by atoms with E-state index in [0.717, 1.165) is 46.1 Å². The Bertz CT molecular complexity index is 1260. The molecule has 0 spiro atoms. The van der Waals surface area contributed by atoms with Gasteiger partial charge in [-0.05, 0) is 74.3 Å². The minimum Gasteiger partial charge on any atom is -0.361 e. The lowest BCUT2D eigenvalue weighted by Gasteiger charge is -2.21. The van der Waals surface area contributed by atoms with Crippen LogP contribution in [0, 0.1) is 13.8 Å². The number of sulfonamides is 1. The number of aryl methyl sites for hydroxylation is 2. The molecule has 0 amide bonds. The van der Waals surface area contributed by atoms with Crippen LogP contribution in [-0.4, -0.2) is 42.1 Å². The first-order chi connectivity index (χ1) is 15.8. The van der Waals surface area contributed by atoms with Gasteiger partial charge in [-0.2, -0.15) is 9.41 Å². The van der Waals surface area contributed by atoms with Crippen LogP contribution in [0.1, 0.15) is 43.4 Å². The molecule has 33 heavy (non-hydrogen) atoms. The van der Waals surface area contributed by atoms with Crippen molar-refractivity contribution in [1.82, 2.24) is 14.7 Å². The summed E-state index contributed by atoms with van der Waals surface area (Å²) in [6.45, 7) is 9.00. The predicted octanol–water partition coefficient (Wildman–Crippen LogP) is 4.92. The smallest absolute Gasteiger partial charge is 0.243 e. The highest BCUT2D eigenvalue weighted by Gasteiger charge is 2.23. The van der Waals surface area contributed by atoms with Gasteiger partial charge in [0.15, 0.2) is 5.11 Å². The third-order valence-electron chi connectivity index (χ3n) is 5.28. The number of thiocarbonyl (C=S) groups is 1. The Kier molecular flexibility index (Phi) is 8.23. The van der Waals surface area contributed by atoms with Gasteiger partial charge < -0.3 is 10.3 Å². The lowest BCUT2D eigenvalue weighted by atomic mass is 10.1. The van der Waals surface area contributed by atoms with E-state index in [2.05, 4.69) is 20.8 Å². The van der Waals surface area contributed by atoms with Crippen LogP contribution < -0.4 is 10.7 Å². The van der Waals surface area contributed by atoms with E-state index < -0.39 is 10.0 Å². The molecule has 3 N–H and O–H groups in total.